The van der Waals surface area contributed by atoms with Gasteiger partial charge in [0.25, 0.3) is 0 Å². The number of hydrogen-bond donors (Lipinski definition) is 1. The minimum absolute atomic E-state index is 0.0383. The zero-order valence-electron chi connectivity index (χ0n) is 12.0. The first kappa shape index (κ1) is 13.6. The van der Waals surface area contributed by atoms with Crippen LogP contribution in [-0.2, 0) is 6.42 Å². The van der Waals surface area contributed by atoms with Crippen molar-refractivity contribution < 1.29 is 0 Å². The first-order valence-corrected chi connectivity index (χ1v) is 6.80. The van der Waals surface area contributed by atoms with E-state index in [1.165, 1.54) is 11.1 Å². The van der Waals surface area contributed by atoms with E-state index in [0.717, 1.165) is 18.7 Å². The van der Waals surface area contributed by atoms with Crippen LogP contribution in [0, 0.1) is 6.92 Å². The molecule has 2 nitrogen and oxygen atoms in total. The van der Waals surface area contributed by atoms with E-state index in [2.05, 4.69) is 67.5 Å². The molecule has 0 saturated carbocycles. The molecule has 19 heavy (non-hydrogen) atoms. The van der Waals surface area contributed by atoms with Crippen molar-refractivity contribution in [2.24, 2.45) is 0 Å². The van der Waals surface area contributed by atoms with Crippen molar-refractivity contribution >= 4 is 5.82 Å². The molecule has 2 rings (SSSR count). The Morgan fingerprint density at radius 2 is 1.84 bits per heavy atom. The lowest BCUT2D eigenvalue weighted by Gasteiger charge is -2.27. The molecule has 0 fully saturated rings. The lowest BCUT2D eigenvalue weighted by atomic mass is 9.95. The Balaban J connectivity index is 1.95. The van der Waals surface area contributed by atoms with Crippen LogP contribution in [-0.4, -0.2) is 10.5 Å². The molecular weight excluding hydrogens is 232 g/mol. The third-order valence-corrected chi connectivity index (χ3v) is 3.26. The van der Waals surface area contributed by atoms with Gasteiger partial charge in [0.05, 0.1) is 0 Å². The summed E-state index contributed by atoms with van der Waals surface area (Å²) in [5.74, 6) is 0.957. The number of aromatic nitrogens is 1. The SMILES string of the molecule is Cc1ccnc(NC(C)(C)CCc2ccccc2)c1. The van der Waals surface area contributed by atoms with E-state index in [-0.39, 0.29) is 5.54 Å². The minimum atomic E-state index is 0.0383. The Morgan fingerprint density at radius 3 is 2.53 bits per heavy atom. The van der Waals surface area contributed by atoms with Crippen LogP contribution >= 0.6 is 0 Å². The largest absolute Gasteiger partial charge is 0.365 e. The van der Waals surface area contributed by atoms with Crippen molar-refractivity contribution in [3.63, 3.8) is 0 Å². The number of pyridine rings is 1. The van der Waals surface area contributed by atoms with Gasteiger partial charge in [-0.25, -0.2) is 4.98 Å². The zero-order valence-corrected chi connectivity index (χ0v) is 12.0. The van der Waals surface area contributed by atoms with Crippen molar-refractivity contribution in [1.82, 2.24) is 4.98 Å². The van der Waals surface area contributed by atoms with E-state index in [1.54, 1.807) is 0 Å². The number of nitrogens with one attached hydrogen (secondary N) is 1. The van der Waals surface area contributed by atoms with Crippen LogP contribution in [0.5, 0.6) is 0 Å². The van der Waals surface area contributed by atoms with Crippen molar-refractivity contribution in [2.75, 3.05) is 5.32 Å². The van der Waals surface area contributed by atoms with Gasteiger partial charge in [0.2, 0.25) is 0 Å². The van der Waals surface area contributed by atoms with Crippen molar-refractivity contribution in [3.05, 3.63) is 59.8 Å². The number of nitrogens with zero attached hydrogens (tertiary/aromatic N) is 1. The third-order valence-electron chi connectivity index (χ3n) is 3.26. The smallest absolute Gasteiger partial charge is 0.126 e. The highest BCUT2D eigenvalue weighted by Gasteiger charge is 2.17. The van der Waals surface area contributed by atoms with Crippen LogP contribution in [0.15, 0.2) is 48.7 Å². The fraction of sp³-hybridized carbons (Fsp3) is 0.353. The monoisotopic (exact) mass is 254 g/mol. The summed E-state index contributed by atoms with van der Waals surface area (Å²) in [6.07, 6.45) is 4.00. The summed E-state index contributed by atoms with van der Waals surface area (Å²) in [5.41, 5.74) is 2.65. The molecule has 1 aromatic carbocycles. The minimum Gasteiger partial charge on any atom is -0.365 e. The molecule has 100 valence electrons. The fourth-order valence-corrected chi connectivity index (χ4v) is 2.12. The van der Waals surface area contributed by atoms with Gasteiger partial charge in [0, 0.05) is 11.7 Å². The molecule has 0 amide bonds. The number of anilines is 1. The number of hydrogen-bond acceptors (Lipinski definition) is 2. The van der Waals surface area contributed by atoms with E-state index in [1.807, 2.05) is 12.3 Å². The first-order valence-electron chi connectivity index (χ1n) is 6.80. The molecule has 1 heterocycles. The highest BCUT2D eigenvalue weighted by Crippen LogP contribution is 2.19. The molecule has 0 aliphatic carbocycles. The standard InChI is InChI=1S/C17H22N2/c1-14-10-12-18-16(13-14)19-17(2,3)11-9-15-7-5-4-6-8-15/h4-8,10,12-13H,9,11H2,1-3H3,(H,18,19). The maximum absolute atomic E-state index is 4.37. The molecular formula is C17H22N2. The van der Waals surface area contributed by atoms with Gasteiger partial charge < -0.3 is 5.32 Å². The Labute approximate surface area is 115 Å². The lowest BCUT2D eigenvalue weighted by molar-refractivity contribution is 0.516. The second-order valence-electron chi connectivity index (χ2n) is 5.71. The molecule has 0 radical (unpaired) electrons. The van der Waals surface area contributed by atoms with Crippen molar-refractivity contribution in [3.8, 4) is 0 Å². The van der Waals surface area contributed by atoms with E-state index < -0.39 is 0 Å². The summed E-state index contributed by atoms with van der Waals surface area (Å²) in [6, 6.07) is 14.7. The normalized spacial score (nSPS) is 11.3. The average molecular weight is 254 g/mol. The summed E-state index contributed by atoms with van der Waals surface area (Å²) in [6.45, 7) is 6.53. The Bertz CT molecular complexity index is 518. The summed E-state index contributed by atoms with van der Waals surface area (Å²) in [7, 11) is 0. The van der Waals surface area contributed by atoms with Crippen LogP contribution in [0.1, 0.15) is 31.4 Å². The van der Waals surface area contributed by atoms with Gasteiger partial charge in [-0.15, -0.1) is 0 Å². The topological polar surface area (TPSA) is 24.9 Å². The molecule has 1 N–H and O–H groups in total. The fourth-order valence-electron chi connectivity index (χ4n) is 2.12. The second-order valence-corrected chi connectivity index (χ2v) is 5.71. The molecule has 0 spiro atoms. The summed E-state index contributed by atoms with van der Waals surface area (Å²) in [5, 5.41) is 3.52. The molecule has 0 aliphatic rings. The van der Waals surface area contributed by atoms with Gasteiger partial charge in [-0.3, -0.25) is 0 Å². The molecule has 0 bridgehead atoms. The van der Waals surface area contributed by atoms with Crippen LogP contribution < -0.4 is 5.32 Å². The van der Waals surface area contributed by atoms with Crippen LogP contribution in [0.2, 0.25) is 0 Å². The van der Waals surface area contributed by atoms with E-state index in [0.29, 0.717) is 0 Å². The van der Waals surface area contributed by atoms with Crippen LogP contribution in [0.25, 0.3) is 0 Å². The molecule has 0 unspecified atom stereocenters. The Hall–Kier alpha value is -1.83. The average Bonchev–Trinajstić information content (AvgIpc) is 2.37. The predicted octanol–water partition coefficient (Wildman–Crippen LogP) is 4.21. The highest BCUT2D eigenvalue weighted by molar-refractivity contribution is 5.39. The van der Waals surface area contributed by atoms with Crippen LogP contribution in [0.3, 0.4) is 0 Å². The second kappa shape index (κ2) is 5.87. The van der Waals surface area contributed by atoms with Crippen LogP contribution in [0.4, 0.5) is 5.82 Å². The van der Waals surface area contributed by atoms with E-state index in [9.17, 15) is 0 Å². The summed E-state index contributed by atoms with van der Waals surface area (Å²) in [4.78, 5) is 4.37. The molecule has 0 saturated heterocycles. The van der Waals surface area contributed by atoms with Crippen molar-refractivity contribution in [1.29, 1.82) is 0 Å². The first-order chi connectivity index (χ1) is 9.05. The predicted molar refractivity (Wildman–Crippen MR) is 81.4 cm³/mol. The maximum Gasteiger partial charge on any atom is 0.126 e. The lowest BCUT2D eigenvalue weighted by Crippen LogP contribution is -2.31. The molecule has 1 aromatic heterocycles. The molecule has 0 atom stereocenters. The Morgan fingerprint density at radius 1 is 1.11 bits per heavy atom. The van der Waals surface area contributed by atoms with Gasteiger partial charge in [-0.05, 0) is 56.9 Å². The van der Waals surface area contributed by atoms with E-state index in [4.69, 9.17) is 0 Å². The zero-order chi connectivity index (χ0) is 13.7. The quantitative estimate of drug-likeness (QED) is 0.864. The van der Waals surface area contributed by atoms with Gasteiger partial charge in [-0.1, -0.05) is 30.3 Å². The van der Waals surface area contributed by atoms with Gasteiger partial charge in [0.15, 0.2) is 0 Å². The number of rotatable bonds is 5. The van der Waals surface area contributed by atoms with Crippen molar-refractivity contribution in [2.45, 2.75) is 39.2 Å². The highest BCUT2D eigenvalue weighted by atomic mass is 15.0. The molecule has 0 aliphatic heterocycles. The van der Waals surface area contributed by atoms with Gasteiger partial charge >= 0.3 is 0 Å². The number of aryl methyl sites for hydroxylation is 2. The Kier molecular flexibility index (Phi) is 4.20. The molecule has 2 aromatic rings. The molecule has 2 heteroatoms. The van der Waals surface area contributed by atoms with Gasteiger partial charge in [0.1, 0.15) is 5.82 Å². The summed E-state index contributed by atoms with van der Waals surface area (Å²) >= 11 is 0. The van der Waals surface area contributed by atoms with Gasteiger partial charge in [-0.2, -0.15) is 0 Å². The maximum atomic E-state index is 4.37. The van der Waals surface area contributed by atoms with E-state index >= 15 is 0 Å². The third kappa shape index (κ3) is 4.40. The summed E-state index contributed by atoms with van der Waals surface area (Å²) < 4.78 is 0. The number of benzene rings is 1.